The number of carbonyl (C=O) groups excluding carboxylic acids is 2. The molecule has 1 aliphatic rings. The van der Waals surface area contributed by atoms with Crippen LogP contribution in [0.5, 0.6) is 0 Å². The first kappa shape index (κ1) is 20.0. The van der Waals surface area contributed by atoms with Crippen LogP contribution >= 0.6 is 23.4 Å². The van der Waals surface area contributed by atoms with E-state index in [1.54, 1.807) is 0 Å². The molecule has 0 saturated carbocycles. The van der Waals surface area contributed by atoms with Gasteiger partial charge in [0.1, 0.15) is 0 Å². The summed E-state index contributed by atoms with van der Waals surface area (Å²) in [5.41, 5.74) is 0. The molecule has 0 spiro atoms. The summed E-state index contributed by atoms with van der Waals surface area (Å²) < 4.78 is 5.23. The molecule has 1 fully saturated rings. The van der Waals surface area contributed by atoms with Gasteiger partial charge in [-0.3, -0.25) is 9.59 Å². The number of hydrogen-bond donors (Lipinski definition) is 0. The van der Waals surface area contributed by atoms with Gasteiger partial charge in [-0.1, -0.05) is 35.9 Å². The van der Waals surface area contributed by atoms with Crippen molar-refractivity contribution in [1.82, 2.24) is 4.90 Å². The van der Waals surface area contributed by atoms with Gasteiger partial charge in [-0.05, 0) is 50.6 Å². The second-order valence-corrected chi connectivity index (χ2v) is 8.40. The number of amides is 1. The van der Waals surface area contributed by atoms with Crippen LogP contribution in [0.3, 0.4) is 0 Å². The molecular formula is C21H24ClNO3S. The molecule has 0 radical (unpaired) electrons. The topological polar surface area (TPSA) is 46.6 Å². The lowest BCUT2D eigenvalue weighted by atomic mass is 9.97. The third-order valence-electron chi connectivity index (χ3n) is 5.00. The number of fused-ring (bicyclic) bond motifs is 1. The lowest BCUT2D eigenvalue weighted by molar-refractivity contribution is -0.153. The lowest BCUT2D eigenvalue weighted by Gasteiger charge is -2.38. The van der Waals surface area contributed by atoms with E-state index in [2.05, 4.69) is 13.8 Å². The molecule has 2 aromatic rings. The molecule has 4 nitrogen and oxygen atoms in total. The van der Waals surface area contributed by atoms with Crippen molar-refractivity contribution in [1.29, 1.82) is 0 Å². The Hall–Kier alpha value is -1.72. The maximum Gasteiger partial charge on any atom is 0.316 e. The minimum Gasteiger partial charge on any atom is -0.455 e. The zero-order chi connectivity index (χ0) is 19.4. The number of hydrogen-bond acceptors (Lipinski definition) is 4. The van der Waals surface area contributed by atoms with Crippen LogP contribution in [0.1, 0.15) is 33.1 Å². The van der Waals surface area contributed by atoms with Crippen LogP contribution in [0, 0.1) is 0 Å². The molecular weight excluding hydrogens is 382 g/mol. The fraction of sp³-hybridized carbons (Fsp3) is 0.429. The number of nitrogens with zero attached hydrogens (tertiary/aromatic N) is 1. The average molecular weight is 406 g/mol. The molecule has 2 aromatic carbocycles. The van der Waals surface area contributed by atoms with E-state index in [4.69, 9.17) is 16.3 Å². The summed E-state index contributed by atoms with van der Waals surface area (Å²) in [5, 5.41) is 2.63. The van der Waals surface area contributed by atoms with E-state index >= 15 is 0 Å². The standard InChI is InChI=1S/C21H24ClNO3S/c1-14-6-3-7-15(2)23(14)19(24)12-26-20(25)13-27-18-11-5-9-16-8-4-10-17(22)21(16)18/h4-5,8-11,14-15H,3,6-7,12-13H2,1-2H3/t14-,15+. The van der Waals surface area contributed by atoms with Crippen molar-refractivity contribution in [2.45, 2.75) is 50.1 Å². The summed E-state index contributed by atoms with van der Waals surface area (Å²) in [6, 6.07) is 12.0. The van der Waals surface area contributed by atoms with Crippen molar-refractivity contribution in [2.24, 2.45) is 0 Å². The first-order valence-corrected chi connectivity index (χ1v) is 10.6. The second kappa shape index (κ2) is 8.98. The summed E-state index contributed by atoms with van der Waals surface area (Å²) in [7, 11) is 0. The van der Waals surface area contributed by atoms with E-state index in [0.717, 1.165) is 34.9 Å². The largest absolute Gasteiger partial charge is 0.455 e. The third-order valence-corrected chi connectivity index (χ3v) is 6.35. The molecule has 1 heterocycles. The lowest BCUT2D eigenvalue weighted by Crippen LogP contribution is -2.49. The van der Waals surface area contributed by atoms with Gasteiger partial charge in [-0.25, -0.2) is 0 Å². The molecule has 1 amide bonds. The van der Waals surface area contributed by atoms with E-state index in [-0.39, 0.29) is 30.4 Å². The van der Waals surface area contributed by atoms with Gasteiger partial charge in [0.25, 0.3) is 5.91 Å². The van der Waals surface area contributed by atoms with Crippen molar-refractivity contribution in [3.8, 4) is 0 Å². The number of piperidine rings is 1. The first-order valence-electron chi connectivity index (χ1n) is 9.24. The van der Waals surface area contributed by atoms with E-state index in [0.29, 0.717) is 5.02 Å². The summed E-state index contributed by atoms with van der Waals surface area (Å²) >= 11 is 7.69. The Labute approximate surface area is 169 Å². The molecule has 0 bridgehead atoms. The Morgan fingerprint density at radius 3 is 2.52 bits per heavy atom. The average Bonchev–Trinajstić information content (AvgIpc) is 2.64. The monoisotopic (exact) mass is 405 g/mol. The van der Waals surface area contributed by atoms with E-state index in [9.17, 15) is 9.59 Å². The Morgan fingerprint density at radius 2 is 1.81 bits per heavy atom. The number of halogens is 1. The molecule has 0 unspecified atom stereocenters. The highest BCUT2D eigenvalue weighted by Crippen LogP contribution is 2.33. The minimum absolute atomic E-state index is 0.110. The third kappa shape index (κ3) is 4.77. The van der Waals surface area contributed by atoms with Gasteiger partial charge in [0.15, 0.2) is 6.61 Å². The van der Waals surface area contributed by atoms with Crippen molar-refractivity contribution in [2.75, 3.05) is 12.4 Å². The van der Waals surface area contributed by atoms with Crippen LogP contribution < -0.4 is 0 Å². The van der Waals surface area contributed by atoms with Crippen LogP contribution in [0.4, 0.5) is 0 Å². The zero-order valence-electron chi connectivity index (χ0n) is 15.6. The first-order chi connectivity index (χ1) is 13.0. The molecule has 144 valence electrons. The number of esters is 1. The van der Waals surface area contributed by atoms with Gasteiger partial charge >= 0.3 is 5.97 Å². The highest BCUT2D eigenvalue weighted by Gasteiger charge is 2.29. The smallest absolute Gasteiger partial charge is 0.316 e. The molecule has 2 atom stereocenters. The molecule has 0 N–H and O–H groups in total. The molecule has 1 saturated heterocycles. The Kier molecular flexibility index (Phi) is 6.66. The highest BCUT2D eigenvalue weighted by molar-refractivity contribution is 8.00. The summed E-state index contributed by atoms with van der Waals surface area (Å²) in [6.07, 6.45) is 3.14. The number of rotatable bonds is 5. The maximum absolute atomic E-state index is 12.4. The van der Waals surface area contributed by atoms with Crippen molar-refractivity contribution >= 4 is 46.0 Å². The second-order valence-electron chi connectivity index (χ2n) is 6.97. The van der Waals surface area contributed by atoms with E-state index in [1.165, 1.54) is 11.8 Å². The maximum atomic E-state index is 12.4. The predicted octanol–water partition coefficient (Wildman–Crippen LogP) is 4.92. The molecule has 1 aliphatic heterocycles. The van der Waals surface area contributed by atoms with Gasteiger partial charge in [0.2, 0.25) is 0 Å². The van der Waals surface area contributed by atoms with Gasteiger partial charge in [-0.2, -0.15) is 0 Å². The van der Waals surface area contributed by atoms with E-state index < -0.39 is 5.97 Å². The van der Waals surface area contributed by atoms with Gasteiger partial charge < -0.3 is 9.64 Å². The minimum atomic E-state index is -0.394. The number of ether oxygens (including phenoxy) is 1. The zero-order valence-corrected chi connectivity index (χ0v) is 17.2. The van der Waals surface area contributed by atoms with Crippen LogP contribution in [-0.2, 0) is 14.3 Å². The van der Waals surface area contributed by atoms with Crippen LogP contribution in [0.2, 0.25) is 5.02 Å². The number of carbonyl (C=O) groups is 2. The molecule has 0 aliphatic carbocycles. The van der Waals surface area contributed by atoms with Gasteiger partial charge in [0, 0.05) is 27.4 Å². The number of thioether (sulfide) groups is 1. The summed E-state index contributed by atoms with van der Waals surface area (Å²) in [6.45, 7) is 3.91. The van der Waals surface area contributed by atoms with E-state index in [1.807, 2.05) is 41.3 Å². The summed E-state index contributed by atoms with van der Waals surface area (Å²) in [4.78, 5) is 27.4. The quantitative estimate of drug-likeness (QED) is 0.523. The Morgan fingerprint density at radius 1 is 1.15 bits per heavy atom. The van der Waals surface area contributed by atoms with Crippen molar-refractivity contribution in [3.63, 3.8) is 0 Å². The van der Waals surface area contributed by atoms with Gasteiger partial charge in [0.05, 0.1) is 5.75 Å². The normalized spacial score (nSPS) is 19.9. The Bertz CT molecular complexity index is 826. The van der Waals surface area contributed by atoms with Crippen LogP contribution in [0.15, 0.2) is 41.3 Å². The van der Waals surface area contributed by atoms with Gasteiger partial charge in [-0.15, -0.1) is 11.8 Å². The predicted molar refractivity (Wildman–Crippen MR) is 110 cm³/mol. The van der Waals surface area contributed by atoms with Crippen molar-refractivity contribution in [3.05, 3.63) is 41.4 Å². The molecule has 27 heavy (non-hydrogen) atoms. The van der Waals surface area contributed by atoms with Crippen molar-refractivity contribution < 1.29 is 14.3 Å². The van der Waals surface area contributed by atoms with Crippen LogP contribution in [-0.4, -0.2) is 41.2 Å². The Balaban J connectivity index is 1.55. The SMILES string of the molecule is C[C@@H]1CCC[C@H](C)N1C(=O)COC(=O)CSc1cccc2cccc(Cl)c12. The van der Waals surface area contributed by atoms with Crippen LogP contribution in [0.25, 0.3) is 10.8 Å². The number of likely N-dealkylation sites (tertiary alicyclic amines) is 1. The summed E-state index contributed by atoms with van der Waals surface area (Å²) in [5.74, 6) is -0.362. The molecule has 3 rings (SSSR count). The number of benzene rings is 2. The fourth-order valence-corrected chi connectivity index (χ4v) is 4.93. The highest BCUT2D eigenvalue weighted by atomic mass is 35.5. The molecule has 6 heteroatoms. The fourth-order valence-electron chi connectivity index (χ4n) is 3.69. The molecule has 0 aromatic heterocycles.